The molecule has 2 aromatic carbocycles. The second-order valence-electron chi connectivity index (χ2n) is 9.67. The quantitative estimate of drug-likeness (QED) is 0.244. The van der Waals surface area contributed by atoms with Gasteiger partial charge >= 0.3 is 5.97 Å². The molecule has 3 N–H and O–H groups in total. The van der Waals surface area contributed by atoms with E-state index >= 15 is 8.78 Å². The second-order valence-corrected chi connectivity index (χ2v) is 9.67. The second kappa shape index (κ2) is 12.8. The third-order valence-corrected chi connectivity index (χ3v) is 6.57. The molecular weight excluding hydrogens is 546 g/mol. The van der Waals surface area contributed by atoms with Crippen molar-refractivity contribution in [2.45, 2.75) is 52.1 Å². The highest BCUT2D eigenvalue weighted by atomic mass is 19.2. The van der Waals surface area contributed by atoms with Crippen molar-refractivity contribution in [2.24, 2.45) is 7.05 Å². The third kappa shape index (κ3) is 6.82. The average Bonchev–Trinajstić information content (AvgIpc) is 2.87. The average molecular weight is 576 g/mol. The van der Waals surface area contributed by atoms with E-state index in [9.17, 15) is 33.1 Å². The van der Waals surface area contributed by atoms with E-state index in [0.29, 0.717) is 12.5 Å². The summed E-state index contributed by atoms with van der Waals surface area (Å²) in [6.45, 7) is 4.58. The van der Waals surface area contributed by atoms with Crippen molar-refractivity contribution in [3.05, 3.63) is 92.4 Å². The van der Waals surface area contributed by atoms with Crippen LogP contribution in [-0.2, 0) is 16.6 Å². The summed E-state index contributed by atoms with van der Waals surface area (Å²) < 4.78 is 60.9. The molecule has 0 aliphatic rings. The molecule has 0 radical (unpaired) electrons. The van der Waals surface area contributed by atoms with Crippen molar-refractivity contribution >= 4 is 17.8 Å². The molecule has 3 rings (SSSR count). The number of aliphatic carboxylic acids is 1. The minimum absolute atomic E-state index is 0.0256. The number of nitrogens with one attached hydrogen (secondary N) is 2. The molecule has 218 valence electrons. The number of carboxylic acids is 1. The Kier molecular flexibility index (Phi) is 9.69. The lowest BCUT2D eigenvalue weighted by Crippen LogP contribution is -2.49. The number of halogens is 4. The molecule has 1 aromatic heterocycles. The lowest BCUT2D eigenvalue weighted by atomic mass is 9.91. The molecule has 2 amide bonds. The van der Waals surface area contributed by atoms with E-state index in [1.165, 1.54) is 39.2 Å². The van der Waals surface area contributed by atoms with Gasteiger partial charge in [-0.1, -0.05) is 13.3 Å². The molecule has 1 heterocycles. The van der Waals surface area contributed by atoms with Crippen molar-refractivity contribution in [1.29, 1.82) is 0 Å². The number of pyridine rings is 1. The standard InChI is InChI=1S/C29H29F4N3O5/c1-5-7-20(34-27(39)17-8-6-9-36(4)29(17)41)28(40)35-21(13-22(37)38)24-25(32)18(12-19(31)26(24)33)23-14(2)10-16(30)11-15(23)3/h6,8-12,20-21H,5,7,13H2,1-4H3,(H,34,39)(H,35,40)(H,37,38)/t20-,21-/m0/s1. The Labute approximate surface area is 233 Å². The van der Waals surface area contributed by atoms with Crippen LogP contribution in [-0.4, -0.2) is 33.5 Å². The minimum Gasteiger partial charge on any atom is -0.481 e. The van der Waals surface area contributed by atoms with E-state index in [-0.39, 0.29) is 28.7 Å². The predicted octanol–water partition coefficient (Wildman–Crippen LogP) is 4.46. The topological polar surface area (TPSA) is 118 Å². The molecule has 41 heavy (non-hydrogen) atoms. The molecule has 0 spiro atoms. The summed E-state index contributed by atoms with van der Waals surface area (Å²) in [4.78, 5) is 50.0. The van der Waals surface area contributed by atoms with Gasteiger partial charge in [-0.25, -0.2) is 17.6 Å². The fraction of sp³-hybridized carbons (Fsp3) is 0.310. The molecule has 2 atom stereocenters. The molecule has 0 saturated heterocycles. The zero-order valence-corrected chi connectivity index (χ0v) is 22.8. The normalized spacial score (nSPS) is 12.5. The third-order valence-electron chi connectivity index (χ3n) is 6.57. The molecule has 12 heteroatoms. The van der Waals surface area contributed by atoms with E-state index in [4.69, 9.17) is 0 Å². The summed E-state index contributed by atoms with van der Waals surface area (Å²) in [7, 11) is 1.43. The summed E-state index contributed by atoms with van der Waals surface area (Å²) in [5.74, 6) is -8.63. The number of aryl methyl sites for hydroxylation is 3. The van der Waals surface area contributed by atoms with Crippen LogP contribution in [0.1, 0.15) is 59.3 Å². The fourth-order valence-corrected chi connectivity index (χ4v) is 4.68. The highest BCUT2D eigenvalue weighted by Crippen LogP contribution is 2.36. The predicted molar refractivity (Wildman–Crippen MR) is 142 cm³/mol. The first kappa shape index (κ1) is 31.1. The Morgan fingerprint density at radius 2 is 1.63 bits per heavy atom. The number of aromatic nitrogens is 1. The number of carbonyl (C=O) groups is 3. The number of carbonyl (C=O) groups excluding carboxylic acids is 2. The van der Waals surface area contributed by atoms with Gasteiger partial charge in [-0.3, -0.25) is 19.2 Å². The number of amides is 2. The number of hydrogen-bond acceptors (Lipinski definition) is 4. The van der Waals surface area contributed by atoms with Crippen LogP contribution in [0.5, 0.6) is 0 Å². The van der Waals surface area contributed by atoms with Crippen LogP contribution < -0.4 is 16.2 Å². The Hall–Kier alpha value is -4.48. The van der Waals surface area contributed by atoms with Gasteiger partial charge in [-0.2, -0.15) is 0 Å². The summed E-state index contributed by atoms with van der Waals surface area (Å²) in [5, 5.41) is 14.1. The summed E-state index contributed by atoms with van der Waals surface area (Å²) in [5.41, 5.74) is -1.88. The Balaban J connectivity index is 2.05. The Morgan fingerprint density at radius 3 is 2.22 bits per heavy atom. The highest BCUT2D eigenvalue weighted by molar-refractivity contribution is 5.97. The van der Waals surface area contributed by atoms with Crippen LogP contribution in [0.3, 0.4) is 0 Å². The fourth-order valence-electron chi connectivity index (χ4n) is 4.68. The van der Waals surface area contributed by atoms with Gasteiger partial charge in [-0.15, -0.1) is 0 Å². The Morgan fingerprint density at radius 1 is 1.00 bits per heavy atom. The van der Waals surface area contributed by atoms with Crippen molar-refractivity contribution in [2.75, 3.05) is 0 Å². The minimum atomic E-state index is -1.89. The van der Waals surface area contributed by atoms with Crippen LogP contribution >= 0.6 is 0 Å². The van der Waals surface area contributed by atoms with Crippen LogP contribution in [0.2, 0.25) is 0 Å². The van der Waals surface area contributed by atoms with E-state index in [2.05, 4.69) is 10.6 Å². The van der Waals surface area contributed by atoms with E-state index in [1.54, 1.807) is 6.92 Å². The summed E-state index contributed by atoms with van der Waals surface area (Å²) in [6, 6.07) is 2.23. The van der Waals surface area contributed by atoms with Gasteiger partial charge < -0.3 is 20.3 Å². The number of benzene rings is 2. The number of hydrogen-bond donors (Lipinski definition) is 3. The van der Waals surface area contributed by atoms with Gasteiger partial charge in [0.05, 0.1) is 18.0 Å². The highest BCUT2D eigenvalue weighted by Gasteiger charge is 2.32. The van der Waals surface area contributed by atoms with Crippen LogP contribution in [0.25, 0.3) is 11.1 Å². The van der Waals surface area contributed by atoms with Crippen LogP contribution in [0.4, 0.5) is 17.6 Å². The largest absolute Gasteiger partial charge is 0.481 e. The zero-order valence-electron chi connectivity index (χ0n) is 22.8. The first-order valence-electron chi connectivity index (χ1n) is 12.7. The van der Waals surface area contributed by atoms with E-state index in [0.717, 1.165) is 16.7 Å². The molecule has 0 unspecified atom stereocenters. The first-order chi connectivity index (χ1) is 19.3. The monoisotopic (exact) mass is 575 g/mol. The maximum Gasteiger partial charge on any atom is 0.305 e. The molecular formula is C29H29F4N3O5. The number of rotatable bonds is 10. The van der Waals surface area contributed by atoms with E-state index < -0.39 is 76.2 Å². The summed E-state index contributed by atoms with van der Waals surface area (Å²) in [6.07, 6.45) is 0.773. The van der Waals surface area contributed by atoms with Gasteiger partial charge in [0.2, 0.25) is 5.91 Å². The first-order valence-corrected chi connectivity index (χ1v) is 12.7. The lowest BCUT2D eigenvalue weighted by Gasteiger charge is -2.24. The van der Waals surface area contributed by atoms with Crippen molar-refractivity contribution in [3.8, 4) is 11.1 Å². The van der Waals surface area contributed by atoms with Gasteiger partial charge in [0.15, 0.2) is 11.6 Å². The zero-order chi connectivity index (χ0) is 30.6. The molecule has 8 nitrogen and oxygen atoms in total. The van der Waals surface area contributed by atoms with Crippen molar-refractivity contribution < 1.29 is 37.1 Å². The smallest absolute Gasteiger partial charge is 0.305 e. The SMILES string of the molecule is CCC[C@H](NC(=O)c1cccn(C)c1=O)C(=O)N[C@@H](CC(=O)O)c1c(F)c(F)cc(-c2c(C)cc(F)cc2C)c1F. The van der Waals surface area contributed by atoms with Crippen molar-refractivity contribution in [1.82, 2.24) is 15.2 Å². The van der Waals surface area contributed by atoms with Gasteiger partial charge in [0.25, 0.3) is 11.5 Å². The molecule has 0 aliphatic carbocycles. The Bertz CT molecular complexity index is 1550. The van der Waals surface area contributed by atoms with Crippen LogP contribution in [0, 0.1) is 37.1 Å². The van der Waals surface area contributed by atoms with Crippen molar-refractivity contribution in [3.63, 3.8) is 0 Å². The van der Waals surface area contributed by atoms with Gasteiger partial charge in [-0.05, 0) is 67.3 Å². The molecule has 3 aromatic rings. The number of nitrogens with zero attached hydrogens (tertiary/aromatic N) is 1. The maximum absolute atomic E-state index is 15.9. The van der Waals surface area contributed by atoms with Gasteiger partial charge in [0.1, 0.15) is 23.2 Å². The van der Waals surface area contributed by atoms with E-state index in [1.807, 2.05) is 0 Å². The molecule has 0 aliphatic heterocycles. The number of carboxylic acid groups (broad SMARTS) is 1. The molecule has 0 bridgehead atoms. The van der Waals surface area contributed by atoms with Crippen LogP contribution in [0.15, 0.2) is 41.3 Å². The summed E-state index contributed by atoms with van der Waals surface area (Å²) >= 11 is 0. The molecule has 0 fully saturated rings. The molecule has 0 saturated carbocycles. The lowest BCUT2D eigenvalue weighted by molar-refractivity contribution is -0.137. The van der Waals surface area contributed by atoms with Gasteiger partial charge in [0, 0.05) is 18.8 Å². The maximum atomic E-state index is 15.9.